The van der Waals surface area contributed by atoms with E-state index in [0.29, 0.717) is 6.04 Å². The van der Waals surface area contributed by atoms with E-state index in [1.807, 2.05) is 12.1 Å². The van der Waals surface area contributed by atoms with E-state index in [9.17, 15) is 0 Å². The van der Waals surface area contributed by atoms with E-state index in [-0.39, 0.29) is 0 Å². The maximum atomic E-state index is 8.72. The van der Waals surface area contributed by atoms with Gasteiger partial charge in [-0.15, -0.1) is 0 Å². The molecule has 0 saturated heterocycles. The zero-order valence-corrected chi connectivity index (χ0v) is 9.98. The summed E-state index contributed by atoms with van der Waals surface area (Å²) in [6, 6.07) is 10.7. The van der Waals surface area contributed by atoms with E-state index < -0.39 is 0 Å². The van der Waals surface area contributed by atoms with Crippen molar-refractivity contribution in [1.82, 2.24) is 4.90 Å². The summed E-state index contributed by atoms with van der Waals surface area (Å²) in [7, 11) is 2.18. The highest BCUT2D eigenvalue weighted by molar-refractivity contribution is 5.31. The average Bonchev–Trinajstić information content (AvgIpc) is 3.13. The average molecular weight is 214 g/mol. The van der Waals surface area contributed by atoms with Gasteiger partial charge in [-0.25, -0.2) is 0 Å². The third-order valence-corrected chi connectivity index (χ3v) is 3.51. The smallest absolute Gasteiger partial charge is 0.0991 e. The highest BCUT2D eigenvalue weighted by Gasteiger charge is 2.30. The molecule has 0 bridgehead atoms. The maximum Gasteiger partial charge on any atom is 0.0991 e. The second-order valence-electron chi connectivity index (χ2n) is 4.80. The Morgan fingerprint density at radius 3 is 2.50 bits per heavy atom. The van der Waals surface area contributed by atoms with Crippen LogP contribution in [0.3, 0.4) is 0 Å². The molecule has 2 heteroatoms. The first-order valence-corrected chi connectivity index (χ1v) is 5.90. The second kappa shape index (κ2) is 4.67. The summed E-state index contributed by atoms with van der Waals surface area (Å²) < 4.78 is 0. The minimum absolute atomic E-state index is 0.677. The summed E-state index contributed by atoms with van der Waals surface area (Å²) in [5.74, 6) is 0.906. The lowest BCUT2D eigenvalue weighted by atomic mass is 10.1. The Kier molecular flexibility index (Phi) is 3.26. The summed E-state index contributed by atoms with van der Waals surface area (Å²) >= 11 is 0. The highest BCUT2D eigenvalue weighted by atomic mass is 15.1. The fourth-order valence-electron chi connectivity index (χ4n) is 2.06. The monoisotopic (exact) mass is 214 g/mol. The molecule has 1 aliphatic carbocycles. The summed E-state index contributed by atoms with van der Waals surface area (Å²) in [5, 5.41) is 8.72. The summed E-state index contributed by atoms with van der Waals surface area (Å²) in [4.78, 5) is 2.40. The molecule has 0 radical (unpaired) electrons. The molecule has 1 aliphatic rings. The molecule has 2 rings (SSSR count). The molecule has 0 N–H and O–H groups in total. The lowest BCUT2D eigenvalue weighted by Crippen LogP contribution is -2.30. The number of benzene rings is 1. The van der Waals surface area contributed by atoms with Crippen LogP contribution in [0.1, 0.15) is 30.9 Å². The number of rotatable bonds is 4. The molecule has 2 nitrogen and oxygen atoms in total. The molecule has 0 heterocycles. The normalized spacial score (nSPS) is 17.1. The molecule has 1 saturated carbocycles. The van der Waals surface area contributed by atoms with Crippen molar-refractivity contribution in [2.24, 2.45) is 5.92 Å². The van der Waals surface area contributed by atoms with Gasteiger partial charge in [0, 0.05) is 12.6 Å². The van der Waals surface area contributed by atoms with Gasteiger partial charge in [-0.2, -0.15) is 5.26 Å². The first kappa shape index (κ1) is 11.2. The van der Waals surface area contributed by atoms with Gasteiger partial charge < -0.3 is 0 Å². The SMILES string of the molecule is CC(C1CC1)N(C)Cc1ccc(C#N)cc1. The molecule has 0 spiro atoms. The molecule has 16 heavy (non-hydrogen) atoms. The van der Waals surface area contributed by atoms with Gasteiger partial charge in [0.1, 0.15) is 0 Å². The maximum absolute atomic E-state index is 8.72. The third kappa shape index (κ3) is 2.62. The Labute approximate surface area is 97.5 Å². The largest absolute Gasteiger partial charge is 0.299 e. The number of nitrogens with zero attached hydrogens (tertiary/aromatic N) is 2. The molecule has 0 aromatic heterocycles. The van der Waals surface area contributed by atoms with Crippen molar-refractivity contribution in [2.45, 2.75) is 32.4 Å². The number of hydrogen-bond acceptors (Lipinski definition) is 2. The van der Waals surface area contributed by atoms with Gasteiger partial charge in [0.15, 0.2) is 0 Å². The molecular weight excluding hydrogens is 196 g/mol. The van der Waals surface area contributed by atoms with Crippen LogP contribution in [0.15, 0.2) is 24.3 Å². The van der Waals surface area contributed by atoms with E-state index in [1.54, 1.807) is 0 Å². The van der Waals surface area contributed by atoms with Crippen LogP contribution in [-0.2, 0) is 6.54 Å². The van der Waals surface area contributed by atoms with Crippen molar-refractivity contribution >= 4 is 0 Å². The van der Waals surface area contributed by atoms with Crippen LogP contribution in [0.2, 0.25) is 0 Å². The standard InChI is InChI=1S/C14H18N2/c1-11(14-7-8-14)16(2)10-13-5-3-12(9-15)4-6-13/h3-6,11,14H,7-8,10H2,1-2H3. The van der Waals surface area contributed by atoms with Crippen molar-refractivity contribution in [3.63, 3.8) is 0 Å². The Morgan fingerprint density at radius 2 is 2.00 bits per heavy atom. The van der Waals surface area contributed by atoms with Crippen LogP contribution in [0.25, 0.3) is 0 Å². The van der Waals surface area contributed by atoms with Crippen molar-refractivity contribution < 1.29 is 0 Å². The Hall–Kier alpha value is -1.33. The molecule has 0 aliphatic heterocycles. The molecule has 1 atom stereocenters. The van der Waals surface area contributed by atoms with Crippen LogP contribution in [0.5, 0.6) is 0 Å². The summed E-state index contributed by atoms with van der Waals surface area (Å²) in [5.41, 5.74) is 2.02. The Morgan fingerprint density at radius 1 is 1.38 bits per heavy atom. The molecule has 1 aromatic carbocycles. The number of nitriles is 1. The fraction of sp³-hybridized carbons (Fsp3) is 0.500. The van der Waals surface area contributed by atoms with Crippen LogP contribution < -0.4 is 0 Å². The molecule has 1 unspecified atom stereocenters. The van der Waals surface area contributed by atoms with Gasteiger partial charge in [-0.05, 0) is 50.4 Å². The third-order valence-electron chi connectivity index (χ3n) is 3.51. The highest BCUT2D eigenvalue weighted by Crippen LogP contribution is 2.35. The predicted molar refractivity (Wildman–Crippen MR) is 64.8 cm³/mol. The van der Waals surface area contributed by atoms with Crippen LogP contribution in [0.4, 0.5) is 0 Å². The molecule has 1 fully saturated rings. The van der Waals surface area contributed by atoms with E-state index in [4.69, 9.17) is 5.26 Å². The van der Waals surface area contributed by atoms with E-state index in [2.05, 4.69) is 37.1 Å². The van der Waals surface area contributed by atoms with E-state index in [1.165, 1.54) is 18.4 Å². The first-order chi connectivity index (χ1) is 7.70. The first-order valence-electron chi connectivity index (χ1n) is 5.90. The van der Waals surface area contributed by atoms with Gasteiger partial charge in [0.25, 0.3) is 0 Å². The van der Waals surface area contributed by atoms with Crippen molar-refractivity contribution in [1.29, 1.82) is 5.26 Å². The molecule has 1 aromatic rings. The van der Waals surface area contributed by atoms with Gasteiger partial charge in [-0.1, -0.05) is 12.1 Å². The summed E-state index contributed by atoms with van der Waals surface area (Å²) in [6.45, 7) is 3.28. The van der Waals surface area contributed by atoms with Crippen molar-refractivity contribution in [3.05, 3.63) is 35.4 Å². The van der Waals surface area contributed by atoms with Gasteiger partial charge in [-0.3, -0.25) is 4.90 Å². The van der Waals surface area contributed by atoms with E-state index >= 15 is 0 Å². The predicted octanol–water partition coefficient (Wildman–Crippen LogP) is 2.79. The lowest BCUT2D eigenvalue weighted by Gasteiger charge is -2.24. The Balaban J connectivity index is 1.94. The fourth-order valence-corrected chi connectivity index (χ4v) is 2.06. The summed E-state index contributed by atoms with van der Waals surface area (Å²) in [6.07, 6.45) is 2.78. The quantitative estimate of drug-likeness (QED) is 0.770. The molecule has 0 amide bonds. The van der Waals surface area contributed by atoms with Crippen molar-refractivity contribution in [2.75, 3.05) is 7.05 Å². The minimum atomic E-state index is 0.677. The second-order valence-corrected chi connectivity index (χ2v) is 4.80. The number of hydrogen-bond donors (Lipinski definition) is 0. The van der Waals surface area contributed by atoms with Gasteiger partial charge in [0.2, 0.25) is 0 Å². The van der Waals surface area contributed by atoms with Crippen LogP contribution in [-0.4, -0.2) is 18.0 Å². The topological polar surface area (TPSA) is 27.0 Å². The zero-order valence-electron chi connectivity index (χ0n) is 9.98. The zero-order chi connectivity index (χ0) is 11.5. The van der Waals surface area contributed by atoms with Gasteiger partial charge >= 0.3 is 0 Å². The minimum Gasteiger partial charge on any atom is -0.299 e. The molecule has 84 valence electrons. The van der Waals surface area contributed by atoms with E-state index in [0.717, 1.165) is 18.0 Å². The lowest BCUT2D eigenvalue weighted by molar-refractivity contribution is 0.226. The molecular formula is C14H18N2. The van der Waals surface area contributed by atoms with Crippen LogP contribution in [0, 0.1) is 17.2 Å². The Bertz CT molecular complexity index is 384. The van der Waals surface area contributed by atoms with Crippen LogP contribution >= 0.6 is 0 Å². The van der Waals surface area contributed by atoms with Gasteiger partial charge in [0.05, 0.1) is 11.6 Å². The van der Waals surface area contributed by atoms with Crippen molar-refractivity contribution in [3.8, 4) is 6.07 Å².